The van der Waals surface area contributed by atoms with E-state index >= 15 is 0 Å². The molecule has 0 saturated carbocycles. The lowest BCUT2D eigenvalue weighted by Gasteiger charge is -2.43. The van der Waals surface area contributed by atoms with Crippen LogP contribution in [0.2, 0.25) is 0 Å². The highest BCUT2D eigenvalue weighted by molar-refractivity contribution is 8.23. The van der Waals surface area contributed by atoms with Gasteiger partial charge in [-0.1, -0.05) is 30.0 Å². The Morgan fingerprint density at radius 3 is 2.81 bits per heavy atom. The summed E-state index contributed by atoms with van der Waals surface area (Å²) in [6, 6.07) is 10.7. The molecule has 164 valence electrons. The van der Waals surface area contributed by atoms with Crippen molar-refractivity contribution in [1.29, 1.82) is 0 Å². The summed E-state index contributed by atoms with van der Waals surface area (Å²) >= 11 is 7.01. The third-order valence-corrected chi connectivity index (χ3v) is 7.27. The second kappa shape index (κ2) is 9.32. The Morgan fingerprint density at radius 2 is 2.03 bits per heavy atom. The molecule has 2 aliphatic rings. The highest BCUT2D eigenvalue weighted by Crippen LogP contribution is 2.36. The molecule has 4 rings (SSSR count). The van der Waals surface area contributed by atoms with Crippen LogP contribution in [-0.2, 0) is 11.3 Å². The fourth-order valence-corrected chi connectivity index (χ4v) is 5.34. The second-order valence-electron chi connectivity index (χ2n) is 7.77. The minimum atomic E-state index is -0.148. The number of likely N-dealkylation sites (tertiary alicyclic amines) is 1. The van der Waals surface area contributed by atoms with E-state index in [-0.39, 0.29) is 23.1 Å². The van der Waals surface area contributed by atoms with Crippen LogP contribution in [0.25, 0.3) is 0 Å². The van der Waals surface area contributed by atoms with E-state index in [0.717, 1.165) is 36.1 Å². The zero-order chi connectivity index (χ0) is 22.0. The zero-order valence-corrected chi connectivity index (χ0v) is 19.1. The first-order chi connectivity index (χ1) is 15.0. The summed E-state index contributed by atoms with van der Waals surface area (Å²) in [7, 11) is 3.13. The summed E-state index contributed by atoms with van der Waals surface area (Å²) < 4.78 is 13.1. The van der Waals surface area contributed by atoms with Crippen LogP contribution in [0.3, 0.4) is 0 Å². The predicted octanol–water partition coefficient (Wildman–Crippen LogP) is 2.94. The molecule has 2 aromatic rings. The highest BCUT2D eigenvalue weighted by Gasteiger charge is 2.35. The van der Waals surface area contributed by atoms with Gasteiger partial charge in [0.2, 0.25) is 5.91 Å². The summed E-state index contributed by atoms with van der Waals surface area (Å²) in [4.78, 5) is 26.8. The van der Waals surface area contributed by atoms with E-state index in [1.807, 2.05) is 16.7 Å². The average Bonchev–Trinajstić information content (AvgIpc) is 2.78. The lowest BCUT2D eigenvalue weighted by atomic mass is 9.83. The average molecular weight is 460 g/mol. The van der Waals surface area contributed by atoms with Gasteiger partial charge in [0.25, 0.3) is 5.56 Å². The number of piperidine rings is 1. The molecule has 9 heteroatoms. The zero-order valence-electron chi connectivity index (χ0n) is 17.5. The number of amides is 1. The van der Waals surface area contributed by atoms with Gasteiger partial charge in [-0.25, -0.2) is 0 Å². The van der Waals surface area contributed by atoms with Gasteiger partial charge in [0, 0.05) is 43.4 Å². The fourth-order valence-electron chi connectivity index (χ4n) is 4.35. The molecule has 3 heterocycles. The summed E-state index contributed by atoms with van der Waals surface area (Å²) in [6.45, 7) is 2.32. The van der Waals surface area contributed by atoms with Crippen molar-refractivity contribution in [2.75, 3.05) is 38.4 Å². The van der Waals surface area contributed by atoms with E-state index in [1.54, 1.807) is 38.5 Å². The lowest BCUT2D eigenvalue weighted by molar-refractivity contribution is -0.113. The molecule has 1 aromatic carbocycles. The number of hydrogen-bond donors (Lipinski definition) is 1. The summed E-state index contributed by atoms with van der Waals surface area (Å²) in [6.07, 6.45) is 1.07. The second-order valence-corrected chi connectivity index (χ2v) is 9.38. The van der Waals surface area contributed by atoms with E-state index in [9.17, 15) is 9.59 Å². The number of nitrogens with zero attached hydrogens (tertiary/aromatic N) is 2. The van der Waals surface area contributed by atoms with Crippen LogP contribution in [0.15, 0.2) is 41.2 Å². The number of thiocarbonyl (C=S) groups is 1. The molecule has 31 heavy (non-hydrogen) atoms. The molecule has 1 aromatic heterocycles. The number of anilines is 1. The number of carbonyl (C=O) groups is 1. The first kappa shape index (κ1) is 21.7. The van der Waals surface area contributed by atoms with Gasteiger partial charge in [0.15, 0.2) is 0 Å². The highest BCUT2D eigenvalue weighted by atomic mass is 32.2. The summed E-state index contributed by atoms with van der Waals surface area (Å²) in [5.74, 6) is 1.95. The summed E-state index contributed by atoms with van der Waals surface area (Å²) in [5.41, 5.74) is 1.75. The van der Waals surface area contributed by atoms with Crippen molar-refractivity contribution in [3.8, 4) is 11.5 Å². The molecule has 2 atom stereocenters. The number of carbonyl (C=O) groups excluding carboxylic acids is 1. The number of aromatic nitrogens is 1. The maximum atomic E-state index is 12.5. The quantitative estimate of drug-likeness (QED) is 0.689. The largest absolute Gasteiger partial charge is 0.497 e. The number of pyridine rings is 1. The van der Waals surface area contributed by atoms with E-state index in [0.29, 0.717) is 23.1 Å². The number of benzene rings is 1. The number of nitrogens with one attached hydrogen (secondary N) is 1. The maximum absolute atomic E-state index is 12.5. The van der Waals surface area contributed by atoms with Gasteiger partial charge >= 0.3 is 0 Å². The number of methoxy groups -OCH3 is 2. The number of fused-ring (bicyclic) bond motifs is 4. The maximum Gasteiger partial charge on any atom is 0.250 e. The van der Waals surface area contributed by atoms with Gasteiger partial charge < -0.3 is 24.3 Å². The molecule has 1 N–H and O–H groups in total. The molecule has 1 amide bonds. The van der Waals surface area contributed by atoms with Crippen LogP contribution < -0.4 is 20.3 Å². The monoisotopic (exact) mass is 459 g/mol. The molecule has 1 saturated heterocycles. The van der Waals surface area contributed by atoms with Crippen molar-refractivity contribution >= 4 is 39.9 Å². The number of rotatable bonds is 5. The molecule has 0 radical (unpaired) electrons. The van der Waals surface area contributed by atoms with Crippen molar-refractivity contribution in [2.24, 2.45) is 5.92 Å². The van der Waals surface area contributed by atoms with Gasteiger partial charge in [-0.15, -0.1) is 0 Å². The van der Waals surface area contributed by atoms with Crippen LogP contribution in [-0.4, -0.2) is 52.8 Å². The Kier molecular flexibility index (Phi) is 6.52. The predicted molar refractivity (Wildman–Crippen MR) is 126 cm³/mol. The summed E-state index contributed by atoms with van der Waals surface area (Å²) in [5, 5.41) is 2.87. The van der Waals surface area contributed by atoms with Crippen molar-refractivity contribution in [1.82, 2.24) is 9.47 Å². The van der Waals surface area contributed by atoms with Crippen LogP contribution in [0.5, 0.6) is 11.5 Å². The van der Waals surface area contributed by atoms with Crippen LogP contribution in [0.1, 0.15) is 18.0 Å². The Bertz CT molecular complexity index is 1060. The Balaban J connectivity index is 1.35. The molecular weight excluding hydrogens is 434 g/mol. The van der Waals surface area contributed by atoms with Gasteiger partial charge in [0.1, 0.15) is 15.8 Å². The first-order valence-electron chi connectivity index (χ1n) is 10.1. The third-order valence-electron chi connectivity index (χ3n) is 5.75. The van der Waals surface area contributed by atoms with E-state index in [1.165, 1.54) is 11.8 Å². The molecule has 7 nitrogen and oxygen atoms in total. The van der Waals surface area contributed by atoms with Gasteiger partial charge in [-0.05, 0) is 30.5 Å². The van der Waals surface area contributed by atoms with Crippen molar-refractivity contribution in [3.05, 3.63) is 52.4 Å². The standard InChI is InChI=1S/C22H25N3O4S2/c1-28-16-6-7-17(19(9-16)29-2)23-20(26)13-31-22(30)24-10-14-8-15(12-24)18-4-3-5-21(27)25(18)11-14/h3-7,9,14-15H,8,10-13H2,1-2H3,(H,23,26)/t14-,15-/m1/s1. The third kappa shape index (κ3) is 4.72. The Morgan fingerprint density at radius 1 is 1.19 bits per heavy atom. The molecule has 0 aliphatic carbocycles. The van der Waals surface area contributed by atoms with Crippen LogP contribution in [0.4, 0.5) is 5.69 Å². The normalized spacial score (nSPS) is 19.4. The van der Waals surface area contributed by atoms with E-state index in [2.05, 4.69) is 10.2 Å². The molecule has 2 bridgehead atoms. The van der Waals surface area contributed by atoms with Gasteiger partial charge in [0.05, 0.1) is 25.7 Å². The van der Waals surface area contributed by atoms with Gasteiger partial charge in [-0.2, -0.15) is 0 Å². The molecule has 0 unspecified atom stereocenters. The SMILES string of the molecule is COc1ccc(NC(=O)CSC(=S)N2C[C@H]3C[C@H](C2)c2cccc(=O)n2C3)c(OC)c1. The van der Waals surface area contributed by atoms with Crippen LogP contribution >= 0.6 is 24.0 Å². The van der Waals surface area contributed by atoms with E-state index in [4.69, 9.17) is 21.7 Å². The minimum Gasteiger partial charge on any atom is -0.497 e. The van der Waals surface area contributed by atoms with Crippen LogP contribution in [0, 0.1) is 5.92 Å². The molecule has 0 spiro atoms. The minimum absolute atomic E-state index is 0.0724. The van der Waals surface area contributed by atoms with Crippen molar-refractivity contribution in [3.63, 3.8) is 0 Å². The molecular formula is C22H25N3O4S2. The smallest absolute Gasteiger partial charge is 0.250 e. The number of ether oxygens (including phenoxy) is 2. The lowest BCUT2D eigenvalue weighted by Crippen LogP contribution is -2.48. The Labute approximate surface area is 190 Å². The van der Waals surface area contributed by atoms with Crippen molar-refractivity contribution < 1.29 is 14.3 Å². The molecule has 2 aliphatic heterocycles. The fraction of sp³-hybridized carbons (Fsp3) is 0.409. The first-order valence-corrected chi connectivity index (χ1v) is 11.5. The Hall–Kier alpha value is -2.52. The number of hydrogen-bond acceptors (Lipinski definition) is 6. The van der Waals surface area contributed by atoms with Gasteiger partial charge in [-0.3, -0.25) is 9.59 Å². The van der Waals surface area contributed by atoms with Crippen molar-refractivity contribution in [2.45, 2.75) is 18.9 Å². The van der Waals surface area contributed by atoms with E-state index < -0.39 is 0 Å². The molecule has 1 fully saturated rings. The number of thioether (sulfide) groups is 1. The topological polar surface area (TPSA) is 72.8 Å².